The second kappa shape index (κ2) is 9.78. The molecule has 0 aliphatic rings. The average molecular weight is 307 g/mol. The highest BCUT2D eigenvalue weighted by atomic mass is 32.1. The number of aromatic nitrogens is 1. The zero-order valence-corrected chi connectivity index (χ0v) is 13.3. The van der Waals surface area contributed by atoms with Crippen molar-refractivity contribution in [3.8, 4) is 0 Å². The van der Waals surface area contributed by atoms with Gasteiger partial charge >= 0.3 is 0 Å². The number of hydrazone groups is 2. The van der Waals surface area contributed by atoms with Crippen molar-refractivity contribution in [2.75, 3.05) is 20.8 Å². The van der Waals surface area contributed by atoms with Gasteiger partial charge in [0.1, 0.15) is 0 Å². The predicted octanol–water partition coefficient (Wildman–Crippen LogP) is 0.216. The van der Waals surface area contributed by atoms with Crippen LogP contribution in [0.5, 0.6) is 0 Å². The molecule has 0 atom stereocenters. The van der Waals surface area contributed by atoms with E-state index in [4.69, 9.17) is 12.2 Å². The SMILES string of the molecule is CNCN/N=C(C)/C(Cc1ccncc1)=N/NC(=S)NC. The van der Waals surface area contributed by atoms with Crippen molar-refractivity contribution < 1.29 is 0 Å². The molecule has 21 heavy (non-hydrogen) atoms. The fraction of sp³-hybridized carbons (Fsp3) is 0.385. The van der Waals surface area contributed by atoms with E-state index in [1.165, 1.54) is 0 Å². The first-order valence-electron chi connectivity index (χ1n) is 6.52. The third-order valence-electron chi connectivity index (χ3n) is 2.56. The highest BCUT2D eigenvalue weighted by Gasteiger charge is 2.07. The molecule has 1 aromatic heterocycles. The van der Waals surface area contributed by atoms with E-state index in [1.807, 2.05) is 26.1 Å². The molecule has 0 spiro atoms. The molecule has 0 amide bonds. The summed E-state index contributed by atoms with van der Waals surface area (Å²) in [6.45, 7) is 2.48. The Kier molecular flexibility index (Phi) is 7.92. The summed E-state index contributed by atoms with van der Waals surface area (Å²) in [5, 5.41) is 14.8. The van der Waals surface area contributed by atoms with Crippen molar-refractivity contribution in [2.45, 2.75) is 13.3 Å². The lowest BCUT2D eigenvalue weighted by molar-refractivity contribution is 0.664. The first-order valence-corrected chi connectivity index (χ1v) is 6.93. The minimum absolute atomic E-state index is 0.457. The van der Waals surface area contributed by atoms with Gasteiger partial charge in [-0.15, -0.1) is 0 Å². The molecule has 1 aromatic rings. The van der Waals surface area contributed by atoms with Crippen LogP contribution in [0, 0.1) is 0 Å². The molecular weight excluding hydrogens is 286 g/mol. The molecule has 1 heterocycles. The largest absolute Gasteiger partial charge is 0.364 e. The van der Waals surface area contributed by atoms with Gasteiger partial charge in [-0.05, 0) is 43.9 Å². The van der Waals surface area contributed by atoms with Crippen LogP contribution in [0.15, 0.2) is 34.7 Å². The minimum atomic E-state index is 0.457. The van der Waals surface area contributed by atoms with E-state index in [0.717, 1.165) is 17.0 Å². The summed E-state index contributed by atoms with van der Waals surface area (Å²) in [4.78, 5) is 4.01. The molecule has 0 saturated heterocycles. The number of hydrogen-bond acceptors (Lipinski definition) is 6. The predicted molar refractivity (Wildman–Crippen MR) is 90.3 cm³/mol. The first-order chi connectivity index (χ1) is 10.2. The average Bonchev–Trinajstić information content (AvgIpc) is 2.52. The van der Waals surface area contributed by atoms with Gasteiger partial charge < -0.3 is 10.6 Å². The summed E-state index contributed by atoms with van der Waals surface area (Å²) < 4.78 is 0. The Balaban J connectivity index is 2.83. The van der Waals surface area contributed by atoms with E-state index in [2.05, 4.69) is 36.7 Å². The molecular formula is C13H21N7S. The Morgan fingerprint density at radius 1 is 1.24 bits per heavy atom. The van der Waals surface area contributed by atoms with Crippen molar-refractivity contribution in [1.82, 2.24) is 26.5 Å². The van der Waals surface area contributed by atoms with Crippen molar-refractivity contribution >= 4 is 28.8 Å². The number of pyridine rings is 1. The fourth-order valence-corrected chi connectivity index (χ4v) is 1.46. The maximum Gasteiger partial charge on any atom is 0.186 e. The van der Waals surface area contributed by atoms with Crippen LogP contribution >= 0.6 is 12.2 Å². The third-order valence-corrected chi connectivity index (χ3v) is 2.86. The van der Waals surface area contributed by atoms with E-state index in [0.29, 0.717) is 18.2 Å². The van der Waals surface area contributed by atoms with Gasteiger partial charge in [0, 0.05) is 25.9 Å². The number of nitrogens with one attached hydrogen (secondary N) is 4. The highest BCUT2D eigenvalue weighted by molar-refractivity contribution is 7.80. The molecule has 0 aliphatic carbocycles. The monoisotopic (exact) mass is 307 g/mol. The standard InChI is InChI=1S/C13H21N7S/c1-10(18-17-9-14-2)12(19-20-13(21)15-3)8-11-4-6-16-7-5-11/h4-7,14,17H,8-9H2,1-3H3,(H2,15,20,21)/b18-10+,19-12+. The first kappa shape index (κ1) is 17.0. The van der Waals surface area contributed by atoms with E-state index >= 15 is 0 Å². The number of rotatable bonds is 7. The summed E-state index contributed by atoms with van der Waals surface area (Å²) in [6, 6.07) is 3.89. The van der Waals surface area contributed by atoms with Crippen molar-refractivity contribution in [3.63, 3.8) is 0 Å². The van der Waals surface area contributed by atoms with Crippen molar-refractivity contribution in [2.24, 2.45) is 10.2 Å². The number of hydrogen-bond donors (Lipinski definition) is 4. The van der Waals surface area contributed by atoms with Gasteiger partial charge in [0.15, 0.2) is 5.11 Å². The quantitative estimate of drug-likeness (QED) is 0.190. The van der Waals surface area contributed by atoms with Crippen LogP contribution in [0.2, 0.25) is 0 Å². The summed E-state index contributed by atoms with van der Waals surface area (Å²) in [6.07, 6.45) is 4.15. The van der Waals surface area contributed by atoms with Crippen LogP contribution in [0.25, 0.3) is 0 Å². The maximum absolute atomic E-state index is 5.03. The third kappa shape index (κ3) is 6.77. The van der Waals surface area contributed by atoms with Crippen LogP contribution in [0.1, 0.15) is 12.5 Å². The van der Waals surface area contributed by atoms with Gasteiger partial charge in [-0.3, -0.25) is 15.8 Å². The van der Waals surface area contributed by atoms with E-state index < -0.39 is 0 Å². The Morgan fingerprint density at radius 3 is 2.57 bits per heavy atom. The van der Waals surface area contributed by atoms with Gasteiger partial charge in [0.2, 0.25) is 0 Å². The summed E-state index contributed by atoms with van der Waals surface area (Å²) in [5.74, 6) is 0. The molecule has 0 aromatic carbocycles. The van der Waals surface area contributed by atoms with Crippen molar-refractivity contribution in [3.05, 3.63) is 30.1 Å². The zero-order chi connectivity index (χ0) is 15.5. The zero-order valence-electron chi connectivity index (χ0n) is 12.5. The lowest BCUT2D eigenvalue weighted by Gasteiger charge is -2.09. The number of thiocarbonyl (C=S) groups is 1. The van der Waals surface area contributed by atoms with Gasteiger partial charge in [0.05, 0.1) is 18.1 Å². The molecule has 0 fully saturated rings. The molecule has 0 unspecified atom stereocenters. The van der Waals surface area contributed by atoms with Crippen LogP contribution in [-0.2, 0) is 6.42 Å². The normalized spacial score (nSPS) is 12.0. The molecule has 0 aliphatic heterocycles. The van der Waals surface area contributed by atoms with Gasteiger partial charge in [-0.25, -0.2) is 0 Å². The van der Waals surface area contributed by atoms with Crippen LogP contribution in [0.4, 0.5) is 0 Å². The molecule has 4 N–H and O–H groups in total. The molecule has 0 bridgehead atoms. The lowest BCUT2D eigenvalue weighted by atomic mass is 10.1. The summed E-state index contributed by atoms with van der Waals surface area (Å²) in [5.41, 5.74) is 8.38. The Hall–Kier alpha value is -2.06. The van der Waals surface area contributed by atoms with Crippen LogP contribution in [-0.4, -0.2) is 42.3 Å². The van der Waals surface area contributed by atoms with E-state index in [1.54, 1.807) is 19.4 Å². The fourth-order valence-electron chi connectivity index (χ4n) is 1.42. The highest BCUT2D eigenvalue weighted by Crippen LogP contribution is 2.01. The molecule has 1 rings (SSSR count). The molecule has 7 nitrogen and oxygen atoms in total. The molecule has 0 radical (unpaired) electrons. The smallest absolute Gasteiger partial charge is 0.186 e. The Morgan fingerprint density at radius 2 is 1.95 bits per heavy atom. The summed E-state index contributed by atoms with van der Waals surface area (Å²) >= 11 is 5.03. The molecule has 114 valence electrons. The summed E-state index contributed by atoms with van der Waals surface area (Å²) in [7, 11) is 3.58. The van der Waals surface area contributed by atoms with Crippen molar-refractivity contribution in [1.29, 1.82) is 0 Å². The van der Waals surface area contributed by atoms with Crippen LogP contribution < -0.4 is 21.5 Å². The second-order valence-corrected chi connectivity index (χ2v) is 4.58. The van der Waals surface area contributed by atoms with E-state index in [9.17, 15) is 0 Å². The Bertz CT molecular complexity index is 499. The van der Waals surface area contributed by atoms with Crippen LogP contribution in [0.3, 0.4) is 0 Å². The lowest BCUT2D eigenvalue weighted by Crippen LogP contribution is -2.31. The van der Waals surface area contributed by atoms with Gasteiger partial charge in [-0.2, -0.15) is 10.2 Å². The Labute approximate surface area is 130 Å². The maximum atomic E-state index is 5.03. The second-order valence-electron chi connectivity index (χ2n) is 4.17. The molecule has 0 saturated carbocycles. The minimum Gasteiger partial charge on any atom is -0.364 e. The number of nitrogens with zero attached hydrogens (tertiary/aromatic N) is 3. The molecule has 8 heteroatoms. The topological polar surface area (TPSA) is 85.7 Å². The van der Waals surface area contributed by atoms with E-state index in [-0.39, 0.29) is 0 Å². The van der Waals surface area contributed by atoms with Gasteiger partial charge in [0.25, 0.3) is 0 Å². The van der Waals surface area contributed by atoms with Gasteiger partial charge in [-0.1, -0.05) is 0 Å².